The summed E-state index contributed by atoms with van der Waals surface area (Å²) in [7, 11) is 1.64. The van der Waals surface area contributed by atoms with Gasteiger partial charge in [0.1, 0.15) is 4.21 Å². The quantitative estimate of drug-likeness (QED) is 0.841. The number of fused-ring (bicyclic) bond motifs is 1. The van der Waals surface area contributed by atoms with Crippen molar-refractivity contribution in [1.29, 1.82) is 0 Å². The maximum absolute atomic E-state index is 11.9. The Morgan fingerprint density at radius 2 is 2.00 bits per heavy atom. The van der Waals surface area contributed by atoms with E-state index in [0.717, 1.165) is 40.9 Å². The van der Waals surface area contributed by atoms with Gasteiger partial charge in [0.25, 0.3) is 9.05 Å². The van der Waals surface area contributed by atoms with Crippen LogP contribution in [-0.4, -0.2) is 20.9 Å². The summed E-state index contributed by atoms with van der Waals surface area (Å²) in [4.78, 5) is 12.9. The van der Waals surface area contributed by atoms with Crippen LogP contribution in [0.5, 0.6) is 0 Å². The van der Waals surface area contributed by atoms with Crippen molar-refractivity contribution in [2.45, 2.75) is 29.9 Å². The molecule has 2 saturated carbocycles. The number of hydrogen-bond donors (Lipinski definition) is 1. The molecular formula is C13H16ClNO3S2. The smallest absolute Gasteiger partial charge is 0.270 e. The van der Waals surface area contributed by atoms with Gasteiger partial charge in [0.2, 0.25) is 5.91 Å². The third kappa shape index (κ3) is 3.18. The summed E-state index contributed by atoms with van der Waals surface area (Å²) in [5, 5.41) is 2.95. The Hall–Kier alpha value is -0.590. The average molecular weight is 334 g/mol. The van der Waals surface area contributed by atoms with Crippen molar-refractivity contribution in [1.82, 2.24) is 5.32 Å². The first-order chi connectivity index (χ1) is 9.43. The summed E-state index contributed by atoms with van der Waals surface area (Å²) < 4.78 is 22.4. The van der Waals surface area contributed by atoms with Gasteiger partial charge in [-0.3, -0.25) is 4.79 Å². The molecule has 4 nitrogen and oxygen atoms in total. The molecule has 0 aliphatic heterocycles. The van der Waals surface area contributed by atoms with Gasteiger partial charge < -0.3 is 5.32 Å². The molecule has 0 bridgehead atoms. The van der Waals surface area contributed by atoms with E-state index in [0.29, 0.717) is 13.0 Å². The molecule has 2 unspecified atom stereocenters. The van der Waals surface area contributed by atoms with Crippen molar-refractivity contribution in [2.75, 3.05) is 6.54 Å². The standard InChI is InChI=1S/C13H16ClNO3S2/c14-20(17,18)12-2-1-11(19-12)3-4-15-13(16)10-6-8-5-9(8)7-10/h1-2,8-10H,3-7H2,(H,15,16). The highest BCUT2D eigenvalue weighted by molar-refractivity contribution is 8.15. The first-order valence-electron chi connectivity index (χ1n) is 6.74. The minimum absolute atomic E-state index is 0.152. The molecule has 1 aromatic rings. The molecule has 3 rings (SSSR count). The number of halogens is 1. The van der Waals surface area contributed by atoms with Crippen LogP contribution in [0.2, 0.25) is 0 Å². The normalized spacial score (nSPS) is 28.1. The Morgan fingerprint density at radius 1 is 1.30 bits per heavy atom. The monoisotopic (exact) mass is 333 g/mol. The Bertz CT molecular complexity index is 615. The minimum atomic E-state index is -3.63. The number of thiophene rings is 1. The lowest BCUT2D eigenvalue weighted by molar-refractivity contribution is -0.125. The SMILES string of the molecule is O=C(NCCc1ccc(S(=O)(=O)Cl)s1)C1CC2CC2C1. The predicted molar refractivity (Wildman–Crippen MR) is 78.4 cm³/mol. The van der Waals surface area contributed by atoms with Gasteiger partial charge in [0.15, 0.2) is 0 Å². The van der Waals surface area contributed by atoms with Gasteiger partial charge in [0.05, 0.1) is 0 Å². The molecule has 2 aliphatic carbocycles. The number of carbonyl (C=O) groups is 1. The summed E-state index contributed by atoms with van der Waals surface area (Å²) in [6.07, 6.45) is 4.05. The first kappa shape index (κ1) is 14.4. The van der Waals surface area contributed by atoms with Crippen LogP contribution in [0.3, 0.4) is 0 Å². The first-order valence-corrected chi connectivity index (χ1v) is 9.87. The third-order valence-electron chi connectivity index (χ3n) is 4.16. The summed E-state index contributed by atoms with van der Waals surface area (Å²) in [5.41, 5.74) is 0. The van der Waals surface area contributed by atoms with E-state index in [1.165, 1.54) is 12.5 Å². The summed E-state index contributed by atoms with van der Waals surface area (Å²) in [6.45, 7) is 0.549. The highest BCUT2D eigenvalue weighted by Crippen LogP contribution is 2.54. The van der Waals surface area contributed by atoms with Crippen LogP contribution in [0.4, 0.5) is 0 Å². The Morgan fingerprint density at radius 3 is 2.60 bits per heavy atom. The second-order valence-electron chi connectivity index (χ2n) is 5.62. The lowest BCUT2D eigenvalue weighted by atomic mass is 10.0. The summed E-state index contributed by atoms with van der Waals surface area (Å²) in [6, 6.07) is 3.26. The molecule has 2 aliphatic rings. The van der Waals surface area contributed by atoms with E-state index in [9.17, 15) is 13.2 Å². The molecule has 2 fully saturated rings. The molecule has 0 radical (unpaired) electrons. The van der Waals surface area contributed by atoms with Crippen LogP contribution in [-0.2, 0) is 20.3 Å². The van der Waals surface area contributed by atoms with Crippen molar-refractivity contribution >= 4 is 37.0 Å². The van der Waals surface area contributed by atoms with Gasteiger partial charge >= 0.3 is 0 Å². The van der Waals surface area contributed by atoms with Crippen molar-refractivity contribution in [3.05, 3.63) is 17.0 Å². The van der Waals surface area contributed by atoms with Crippen molar-refractivity contribution < 1.29 is 13.2 Å². The van der Waals surface area contributed by atoms with Crippen LogP contribution in [0.15, 0.2) is 16.3 Å². The summed E-state index contributed by atoms with van der Waals surface area (Å²) >= 11 is 1.16. The molecule has 0 saturated heterocycles. The molecular weight excluding hydrogens is 318 g/mol. The molecule has 1 aromatic heterocycles. The number of hydrogen-bond acceptors (Lipinski definition) is 4. The van der Waals surface area contributed by atoms with Crippen molar-refractivity contribution in [3.63, 3.8) is 0 Å². The summed E-state index contributed by atoms with van der Waals surface area (Å²) in [5.74, 6) is 1.96. The van der Waals surface area contributed by atoms with Crippen LogP contribution in [0.1, 0.15) is 24.1 Å². The van der Waals surface area contributed by atoms with E-state index in [2.05, 4.69) is 5.32 Å². The van der Waals surface area contributed by atoms with E-state index in [1.807, 2.05) is 0 Å². The maximum atomic E-state index is 11.9. The number of amides is 1. The van der Waals surface area contributed by atoms with Gasteiger partial charge in [-0.2, -0.15) is 0 Å². The highest BCUT2D eigenvalue weighted by Gasteiger charge is 2.47. The molecule has 7 heteroatoms. The molecule has 1 heterocycles. The molecule has 0 aromatic carbocycles. The zero-order valence-electron chi connectivity index (χ0n) is 10.8. The Balaban J connectivity index is 1.45. The van der Waals surface area contributed by atoms with Crippen LogP contribution in [0.25, 0.3) is 0 Å². The van der Waals surface area contributed by atoms with Crippen LogP contribution >= 0.6 is 22.0 Å². The number of carbonyl (C=O) groups excluding carboxylic acids is 1. The second kappa shape index (κ2) is 5.31. The van der Waals surface area contributed by atoms with E-state index in [-0.39, 0.29) is 16.0 Å². The van der Waals surface area contributed by atoms with E-state index >= 15 is 0 Å². The molecule has 1 amide bonds. The largest absolute Gasteiger partial charge is 0.356 e. The third-order valence-corrected chi connectivity index (χ3v) is 7.40. The Kier molecular flexibility index (Phi) is 3.81. The van der Waals surface area contributed by atoms with Crippen LogP contribution < -0.4 is 5.32 Å². The zero-order valence-corrected chi connectivity index (χ0v) is 13.2. The lowest BCUT2D eigenvalue weighted by Gasteiger charge is -2.11. The molecule has 2 atom stereocenters. The molecule has 1 N–H and O–H groups in total. The van der Waals surface area contributed by atoms with Crippen LogP contribution in [0, 0.1) is 17.8 Å². The fourth-order valence-electron chi connectivity index (χ4n) is 3.01. The van der Waals surface area contributed by atoms with Gasteiger partial charge in [-0.05, 0) is 49.7 Å². The topological polar surface area (TPSA) is 63.2 Å². The van der Waals surface area contributed by atoms with E-state index in [1.54, 1.807) is 6.07 Å². The van der Waals surface area contributed by atoms with Gasteiger partial charge in [0, 0.05) is 28.0 Å². The Labute approximate surface area is 126 Å². The maximum Gasteiger partial charge on any atom is 0.270 e. The number of rotatable bonds is 5. The predicted octanol–water partition coefficient (Wildman–Crippen LogP) is 2.38. The fourth-order valence-corrected chi connectivity index (χ4v) is 5.13. The fraction of sp³-hybridized carbons (Fsp3) is 0.615. The van der Waals surface area contributed by atoms with Gasteiger partial charge in [-0.15, -0.1) is 11.3 Å². The molecule has 0 spiro atoms. The molecule has 20 heavy (non-hydrogen) atoms. The number of nitrogens with one attached hydrogen (secondary N) is 1. The lowest BCUT2D eigenvalue weighted by Crippen LogP contribution is -2.31. The average Bonchev–Trinajstić information content (AvgIpc) is 2.80. The van der Waals surface area contributed by atoms with Crippen molar-refractivity contribution in [3.8, 4) is 0 Å². The second-order valence-corrected chi connectivity index (χ2v) is 9.58. The zero-order chi connectivity index (χ0) is 14.3. The molecule has 110 valence electrons. The van der Waals surface area contributed by atoms with E-state index < -0.39 is 9.05 Å². The van der Waals surface area contributed by atoms with Gasteiger partial charge in [-0.1, -0.05) is 0 Å². The minimum Gasteiger partial charge on any atom is -0.356 e. The highest BCUT2D eigenvalue weighted by atomic mass is 35.7. The van der Waals surface area contributed by atoms with Crippen molar-refractivity contribution in [2.24, 2.45) is 17.8 Å². The van der Waals surface area contributed by atoms with Gasteiger partial charge in [-0.25, -0.2) is 8.42 Å². The van der Waals surface area contributed by atoms with E-state index in [4.69, 9.17) is 10.7 Å².